The van der Waals surface area contributed by atoms with E-state index in [1.165, 1.54) is 0 Å². The molecule has 3 atom stereocenters. The van der Waals surface area contributed by atoms with Crippen molar-refractivity contribution in [2.24, 2.45) is 0 Å². The highest BCUT2D eigenvalue weighted by Crippen LogP contribution is 2.35. The van der Waals surface area contributed by atoms with Gasteiger partial charge >= 0.3 is 0 Å². The zero-order valence-electron chi connectivity index (χ0n) is 11.2. The van der Waals surface area contributed by atoms with Gasteiger partial charge in [-0.3, -0.25) is 0 Å². The summed E-state index contributed by atoms with van der Waals surface area (Å²) in [4.78, 5) is 0. The molecule has 5 heteroatoms. The van der Waals surface area contributed by atoms with E-state index in [4.69, 9.17) is 30.5 Å². The second kappa shape index (κ2) is 4.99. The summed E-state index contributed by atoms with van der Waals surface area (Å²) in [6.45, 7) is 7.98. The van der Waals surface area contributed by atoms with Gasteiger partial charge in [0.2, 0.25) is 0 Å². The van der Waals surface area contributed by atoms with E-state index in [2.05, 4.69) is 11.8 Å². The summed E-state index contributed by atoms with van der Waals surface area (Å²) in [6.07, 6.45) is -0.754. The quantitative estimate of drug-likeness (QED) is 0.541. The molecule has 0 aromatic rings. The van der Waals surface area contributed by atoms with Crippen LogP contribution in [0.5, 0.6) is 0 Å². The van der Waals surface area contributed by atoms with Gasteiger partial charge in [-0.2, -0.15) is 0 Å². The molecule has 2 heterocycles. The average molecular weight is 275 g/mol. The van der Waals surface area contributed by atoms with Gasteiger partial charge in [0.1, 0.15) is 18.3 Å². The first-order chi connectivity index (χ1) is 8.33. The molecule has 4 nitrogen and oxygen atoms in total. The summed E-state index contributed by atoms with van der Waals surface area (Å²) in [5, 5.41) is 0. The fourth-order valence-electron chi connectivity index (χ4n) is 2.19. The molecule has 2 saturated heterocycles. The van der Waals surface area contributed by atoms with Crippen LogP contribution >= 0.6 is 11.6 Å². The van der Waals surface area contributed by atoms with E-state index in [1.54, 1.807) is 0 Å². The van der Waals surface area contributed by atoms with Crippen LogP contribution in [0.3, 0.4) is 0 Å². The Labute approximate surface area is 113 Å². The first kappa shape index (κ1) is 14.1. The lowest BCUT2D eigenvalue weighted by atomic mass is 10.1. The van der Waals surface area contributed by atoms with Crippen LogP contribution in [0.15, 0.2) is 0 Å². The van der Waals surface area contributed by atoms with E-state index in [0.29, 0.717) is 6.61 Å². The normalized spacial score (nSPS) is 37.3. The summed E-state index contributed by atoms with van der Waals surface area (Å²) >= 11 is 5.58. The molecule has 0 aromatic heterocycles. The molecular formula is C13H19ClO4. The number of hydrogen-bond acceptors (Lipinski definition) is 4. The monoisotopic (exact) mass is 274 g/mol. The molecule has 0 saturated carbocycles. The van der Waals surface area contributed by atoms with Crippen molar-refractivity contribution in [3.05, 3.63) is 0 Å². The van der Waals surface area contributed by atoms with E-state index in [9.17, 15) is 0 Å². The van der Waals surface area contributed by atoms with Crippen LogP contribution in [0.1, 0.15) is 27.7 Å². The lowest BCUT2D eigenvalue weighted by molar-refractivity contribution is -0.174. The molecular weight excluding hydrogens is 256 g/mol. The van der Waals surface area contributed by atoms with Crippen LogP contribution < -0.4 is 0 Å². The van der Waals surface area contributed by atoms with E-state index >= 15 is 0 Å². The maximum absolute atomic E-state index is 5.86. The third-order valence-corrected chi connectivity index (χ3v) is 2.97. The minimum absolute atomic E-state index is 0.170. The van der Waals surface area contributed by atoms with Gasteiger partial charge in [-0.05, 0) is 27.7 Å². The Morgan fingerprint density at radius 3 is 2.39 bits per heavy atom. The summed E-state index contributed by atoms with van der Waals surface area (Å²) in [5.41, 5.74) is 0. The molecule has 2 aliphatic rings. The highest BCUT2D eigenvalue weighted by molar-refractivity contribution is 6.19. The molecule has 102 valence electrons. The Kier molecular flexibility index (Phi) is 3.91. The molecule has 0 aromatic carbocycles. The van der Waals surface area contributed by atoms with Gasteiger partial charge in [0, 0.05) is 0 Å². The van der Waals surface area contributed by atoms with Gasteiger partial charge in [-0.1, -0.05) is 11.8 Å². The van der Waals surface area contributed by atoms with Gasteiger partial charge in [0.05, 0.1) is 12.5 Å². The van der Waals surface area contributed by atoms with Crippen LogP contribution in [-0.2, 0) is 18.9 Å². The fraction of sp³-hybridized carbons (Fsp3) is 0.846. The van der Waals surface area contributed by atoms with Crippen LogP contribution in [-0.4, -0.2) is 42.4 Å². The van der Waals surface area contributed by atoms with Crippen molar-refractivity contribution in [2.45, 2.75) is 57.6 Å². The molecule has 2 aliphatic heterocycles. The smallest absolute Gasteiger partial charge is 0.165 e. The second-order valence-electron chi connectivity index (χ2n) is 5.34. The van der Waals surface area contributed by atoms with Gasteiger partial charge in [-0.25, -0.2) is 0 Å². The maximum Gasteiger partial charge on any atom is 0.165 e. The fourth-order valence-corrected chi connectivity index (χ4v) is 2.27. The molecule has 2 fully saturated rings. The Hall–Kier alpha value is -0.310. The number of alkyl halides is 1. The zero-order valence-corrected chi connectivity index (χ0v) is 11.9. The Balaban J connectivity index is 2.10. The van der Waals surface area contributed by atoms with E-state index < -0.39 is 11.6 Å². The van der Waals surface area contributed by atoms with Crippen molar-refractivity contribution in [3.8, 4) is 11.8 Å². The van der Waals surface area contributed by atoms with Crippen molar-refractivity contribution in [2.75, 3.05) is 12.5 Å². The van der Waals surface area contributed by atoms with E-state index in [-0.39, 0.29) is 24.2 Å². The molecule has 0 N–H and O–H groups in total. The predicted molar refractivity (Wildman–Crippen MR) is 67.2 cm³/mol. The lowest BCUT2D eigenvalue weighted by Gasteiger charge is -2.22. The number of halogens is 1. The summed E-state index contributed by atoms with van der Waals surface area (Å²) in [7, 11) is 0. The van der Waals surface area contributed by atoms with E-state index in [0.717, 1.165) is 0 Å². The van der Waals surface area contributed by atoms with Gasteiger partial charge in [0.15, 0.2) is 11.6 Å². The molecule has 0 spiro atoms. The summed E-state index contributed by atoms with van der Waals surface area (Å²) in [6, 6.07) is 0. The predicted octanol–water partition coefficient (Wildman–Crippen LogP) is 1.90. The molecule has 0 unspecified atom stereocenters. The van der Waals surface area contributed by atoms with Crippen LogP contribution in [0.25, 0.3) is 0 Å². The van der Waals surface area contributed by atoms with Crippen molar-refractivity contribution in [1.29, 1.82) is 0 Å². The Morgan fingerprint density at radius 2 is 1.83 bits per heavy atom. The molecule has 0 aliphatic carbocycles. The Morgan fingerprint density at radius 1 is 1.11 bits per heavy atom. The molecule has 0 bridgehead atoms. The number of ether oxygens (including phenoxy) is 4. The van der Waals surface area contributed by atoms with Crippen molar-refractivity contribution >= 4 is 11.6 Å². The summed E-state index contributed by atoms with van der Waals surface area (Å²) < 4.78 is 23.0. The zero-order chi connectivity index (χ0) is 13.4. The number of hydrogen-bond donors (Lipinski definition) is 0. The molecule has 18 heavy (non-hydrogen) atoms. The van der Waals surface area contributed by atoms with Gasteiger partial charge in [0.25, 0.3) is 0 Å². The topological polar surface area (TPSA) is 36.9 Å². The highest BCUT2D eigenvalue weighted by atomic mass is 35.5. The third-order valence-electron chi connectivity index (χ3n) is 2.84. The maximum atomic E-state index is 5.86. The van der Waals surface area contributed by atoms with Gasteiger partial charge in [-0.15, -0.1) is 11.6 Å². The van der Waals surface area contributed by atoms with Crippen LogP contribution in [0, 0.1) is 11.8 Å². The molecule has 2 rings (SSSR count). The SMILES string of the molecule is CC1(C)O[C@@H]([C@H]2COC(C)(C)O2)[C@H](C#CCCl)O1. The minimum Gasteiger partial charge on any atom is -0.348 e. The largest absolute Gasteiger partial charge is 0.348 e. The van der Waals surface area contributed by atoms with Crippen LogP contribution in [0.4, 0.5) is 0 Å². The standard InChI is InChI=1S/C13H19ClO4/c1-12(2)15-8-10(17-12)11-9(6-5-7-14)16-13(3,4)18-11/h9-11H,7-8H2,1-4H3/t9-,10+,11+/m0/s1. The first-order valence-electron chi connectivity index (χ1n) is 6.05. The first-order valence-corrected chi connectivity index (χ1v) is 6.58. The average Bonchev–Trinajstić information content (AvgIpc) is 2.75. The Bertz CT molecular complexity index is 369. The minimum atomic E-state index is -0.660. The highest BCUT2D eigenvalue weighted by Gasteiger charge is 2.49. The summed E-state index contributed by atoms with van der Waals surface area (Å²) in [5.74, 6) is 4.83. The van der Waals surface area contributed by atoms with Crippen molar-refractivity contribution < 1.29 is 18.9 Å². The molecule has 0 radical (unpaired) electrons. The molecule has 0 amide bonds. The van der Waals surface area contributed by atoms with Gasteiger partial charge < -0.3 is 18.9 Å². The third kappa shape index (κ3) is 3.17. The van der Waals surface area contributed by atoms with Crippen molar-refractivity contribution in [1.82, 2.24) is 0 Å². The van der Waals surface area contributed by atoms with Crippen molar-refractivity contribution in [3.63, 3.8) is 0 Å². The second-order valence-corrected chi connectivity index (χ2v) is 5.61. The number of rotatable bonds is 1. The van der Waals surface area contributed by atoms with E-state index in [1.807, 2.05) is 27.7 Å². The lowest BCUT2D eigenvalue weighted by Crippen LogP contribution is -2.37. The van der Waals surface area contributed by atoms with Crippen LogP contribution in [0.2, 0.25) is 0 Å².